The second-order valence-electron chi connectivity index (χ2n) is 3.12. The number of rotatable bonds is 4. The predicted octanol–water partition coefficient (Wildman–Crippen LogP) is 1.85. The average molecular weight is 234 g/mol. The Morgan fingerprint density at radius 3 is 2.64 bits per heavy atom. The van der Waals surface area contributed by atoms with Gasteiger partial charge in [-0.15, -0.1) is 0 Å². The summed E-state index contributed by atoms with van der Waals surface area (Å²) in [6.07, 6.45) is 0. The van der Waals surface area contributed by atoms with Gasteiger partial charge in [0.1, 0.15) is 0 Å². The SMILES string of the molecule is CN(CNN)Cc1ccc(Cl)c(Cl)c1. The Hall–Kier alpha value is -0.320. The standard InChI is InChI=1S/C9H13Cl2N3/c1-14(6-13-12)5-7-2-3-8(10)9(11)4-7/h2-4,13H,5-6,12H2,1H3. The summed E-state index contributed by atoms with van der Waals surface area (Å²) in [6.45, 7) is 1.40. The van der Waals surface area contributed by atoms with Crippen LogP contribution in [0.25, 0.3) is 0 Å². The van der Waals surface area contributed by atoms with Gasteiger partial charge in [-0.2, -0.15) is 0 Å². The molecule has 5 heteroatoms. The molecule has 0 bridgehead atoms. The lowest BCUT2D eigenvalue weighted by atomic mass is 10.2. The molecule has 0 aliphatic heterocycles. The molecule has 0 amide bonds. The van der Waals surface area contributed by atoms with Crippen LogP contribution in [0.4, 0.5) is 0 Å². The van der Waals surface area contributed by atoms with Crippen molar-refractivity contribution in [2.45, 2.75) is 6.54 Å². The Morgan fingerprint density at radius 2 is 2.07 bits per heavy atom. The highest BCUT2D eigenvalue weighted by atomic mass is 35.5. The molecule has 0 saturated heterocycles. The zero-order chi connectivity index (χ0) is 10.6. The topological polar surface area (TPSA) is 41.3 Å². The molecule has 0 spiro atoms. The molecular formula is C9H13Cl2N3. The fourth-order valence-electron chi connectivity index (χ4n) is 1.16. The van der Waals surface area contributed by atoms with E-state index in [0.717, 1.165) is 12.1 Å². The monoisotopic (exact) mass is 233 g/mol. The number of hydrogen-bond acceptors (Lipinski definition) is 3. The molecule has 0 atom stereocenters. The van der Waals surface area contributed by atoms with Gasteiger partial charge in [0.25, 0.3) is 0 Å². The van der Waals surface area contributed by atoms with E-state index in [-0.39, 0.29) is 0 Å². The van der Waals surface area contributed by atoms with Crippen LogP contribution in [0.1, 0.15) is 5.56 Å². The minimum Gasteiger partial charge on any atom is -0.288 e. The Kier molecular flexibility index (Phi) is 4.65. The van der Waals surface area contributed by atoms with Gasteiger partial charge in [0.15, 0.2) is 0 Å². The second-order valence-corrected chi connectivity index (χ2v) is 3.94. The van der Waals surface area contributed by atoms with Crippen LogP contribution in [-0.2, 0) is 6.54 Å². The second kappa shape index (κ2) is 5.53. The van der Waals surface area contributed by atoms with Crippen LogP contribution in [0.2, 0.25) is 10.0 Å². The summed E-state index contributed by atoms with van der Waals surface area (Å²) in [4.78, 5) is 2.03. The van der Waals surface area contributed by atoms with Gasteiger partial charge in [-0.05, 0) is 24.7 Å². The number of nitrogens with zero attached hydrogens (tertiary/aromatic N) is 1. The molecule has 14 heavy (non-hydrogen) atoms. The van der Waals surface area contributed by atoms with E-state index in [1.165, 1.54) is 0 Å². The lowest BCUT2D eigenvalue weighted by molar-refractivity contribution is 0.301. The third kappa shape index (κ3) is 3.44. The zero-order valence-electron chi connectivity index (χ0n) is 7.93. The summed E-state index contributed by atoms with van der Waals surface area (Å²) >= 11 is 11.7. The fraction of sp³-hybridized carbons (Fsp3) is 0.333. The molecular weight excluding hydrogens is 221 g/mol. The van der Waals surface area contributed by atoms with E-state index >= 15 is 0 Å². The van der Waals surface area contributed by atoms with E-state index in [0.29, 0.717) is 16.7 Å². The number of benzene rings is 1. The summed E-state index contributed by atoms with van der Waals surface area (Å²) in [5, 5.41) is 1.16. The van der Waals surface area contributed by atoms with E-state index in [1.54, 1.807) is 6.07 Å². The van der Waals surface area contributed by atoms with Gasteiger partial charge in [-0.25, -0.2) is 5.43 Å². The quantitative estimate of drug-likeness (QED) is 0.474. The average Bonchev–Trinajstić information content (AvgIpc) is 2.12. The maximum atomic E-state index is 5.88. The van der Waals surface area contributed by atoms with Crippen LogP contribution >= 0.6 is 23.2 Å². The van der Waals surface area contributed by atoms with Crippen molar-refractivity contribution in [3.8, 4) is 0 Å². The molecule has 0 aliphatic carbocycles. The lowest BCUT2D eigenvalue weighted by Crippen LogP contribution is -2.34. The van der Waals surface area contributed by atoms with E-state index < -0.39 is 0 Å². The molecule has 0 radical (unpaired) electrons. The maximum Gasteiger partial charge on any atom is 0.0612 e. The molecule has 3 N–H and O–H groups in total. The normalized spacial score (nSPS) is 10.9. The molecule has 0 aliphatic rings. The van der Waals surface area contributed by atoms with Gasteiger partial charge < -0.3 is 0 Å². The van der Waals surface area contributed by atoms with Gasteiger partial charge in [-0.1, -0.05) is 29.3 Å². The Bertz CT molecular complexity index is 304. The highest BCUT2D eigenvalue weighted by molar-refractivity contribution is 6.42. The van der Waals surface area contributed by atoms with Gasteiger partial charge in [0.05, 0.1) is 16.7 Å². The van der Waals surface area contributed by atoms with Crippen LogP contribution in [0.3, 0.4) is 0 Å². The molecule has 0 unspecified atom stereocenters. The minimum absolute atomic E-state index is 0.579. The highest BCUT2D eigenvalue weighted by Crippen LogP contribution is 2.22. The third-order valence-corrected chi connectivity index (χ3v) is 2.54. The van der Waals surface area contributed by atoms with Crippen molar-refractivity contribution in [2.24, 2.45) is 5.84 Å². The number of hydrazine groups is 1. The summed E-state index contributed by atoms with van der Waals surface area (Å²) in [5.74, 6) is 5.20. The van der Waals surface area contributed by atoms with Gasteiger partial charge >= 0.3 is 0 Å². The molecule has 1 aromatic carbocycles. The van der Waals surface area contributed by atoms with Crippen molar-refractivity contribution in [1.82, 2.24) is 10.3 Å². The van der Waals surface area contributed by atoms with Gasteiger partial charge in [0.2, 0.25) is 0 Å². The van der Waals surface area contributed by atoms with Crippen LogP contribution in [0, 0.1) is 0 Å². The van der Waals surface area contributed by atoms with E-state index in [9.17, 15) is 0 Å². The van der Waals surface area contributed by atoms with Crippen LogP contribution in [0.5, 0.6) is 0 Å². The third-order valence-electron chi connectivity index (χ3n) is 1.80. The van der Waals surface area contributed by atoms with Crippen molar-refractivity contribution < 1.29 is 0 Å². The molecule has 0 saturated carbocycles. The first-order chi connectivity index (χ1) is 6.63. The number of hydrogen-bond donors (Lipinski definition) is 2. The van der Waals surface area contributed by atoms with Crippen molar-refractivity contribution >= 4 is 23.2 Å². The molecule has 0 aromatic heterocycles. The Balaban J connectivity index is 2.63. The van der Waals surface area contributed by atoms with Crippen LogP contribution in [0.15, 0.2) is 18.2 Å². The van der Waals surface area contributed by atoms with Gasteiger partial charge in [0, 0.05) is 6.54 Å². The Labute approximate surface area is 93.8 Å². The smallest absolute Gasteiger partial charge is 0.0612 e. The van der Waals surface area contributed by atoms with Crippen LogP contribution in [-0.4, -0.2) is 18.6 Å². The molecule has 1 rings (SSSR count). The zero-order valence-corrected chi connectivity index (χ0v) is 9.44. The molecule has 78 valence electrons. The van der Waals surface area contributed by atoms with E-state index in [2.05, 4.69) is 5.43 Å². The van der Waals surface area contributed by atoms with Crippen molar-refractivity contribution in [2.75, 3.05) is 13.7 Å². The molecule has 0 heterocycles. The van der Waals surface area contributed by atoms with Crippen molar-refractivity contribution in [3.05, 3.63) is 33.8 Å². The van der Waals surface area contributed by atoms with E-state index in [4.69, 9.17) is 29.0 Å². The molecule has 0 fully saturated rings. The van der Waals surface area contributed by atoms with Crippen LogP contribution < -0.4 is 11.3 Å². The number of nitrogens with one attached hydrogen (secondary N) is 1. The lowest BCUT2D eigenvalue weighted by Gasteiger charge is -2.15. The first-order valence-electron chi connectivity index (χ1n) is 4.19. The van der Waals surface area contributed by atoms with Crippen molar-refractivity contribution in [1.29, 1.82) is 0 Å². The summed E-state index contributed by atoms with van der Waals surface area (Å²) < 4.78 is 0. The highest BCUT2D eigenvalue weighted by Gasteiger charge is 2.02. The summed E-state index contributed by atoms with van der Waals surface area (Å²) in [7, 11) is 1.96. The Morgan fingerprint density at radius 1 is 1.36 bits per heavy atom. The molecule has 1 aromatic rings. The largest absolute Gasteiger partial charge is 0.288 e. The predicted molar refractivity (Wildman–Crippen MR) is 60.1 cm³/mol. The van der Waals surface area contributed by atoms with Gasteiger partial charge in [-0.3, -0.25) is 10.7 Å². The first kappa shape index (κ1) is 11.8. The minimum atomic E-state index is 0.579. The molecule has 3 nitrogen and oxygen atoms in total. The number of halogens is 2. The summed E-state index contributed by atoms with van der Waals surface area (Å²) in [5.41, 5.74) is 3.69. The van der Waals surface area contributed by atoms with E-state index in [1.807, 2.05) is 24.1 Å². The van der Waals surface area contributed by atoms with Crippen molar-refractivity contribution in [3.63, 3.8) is 0 Å². The number of nitrogens with two attached hydrogens (primary N) is 1. The maximum absolute atomic E-state index is 5.88. The summed E-state index contributed by atoms with van der Waals surface area (Å²) in [6, 6.07) is 5.60. The first-order valence-corrected chi connectivity index (χ1v) is 4.95. The fourth-order valence-corrected chi connectivity index (χ4v) is 1.48.